The van der Waals surface area contributed by atoms with Gasteiger partial charge < -0.3 is 4.74 Å². The van der Waals surface area contributed by atoms with Gasteiger partial charge in [-0.15, -0.1) is 0 Å². The fraction of sp³-hybridized carbons (Fsp3) is 0.941. The maximum Gasteiger partial charge on any atom is 0.118 e. The Morgan fingerprint density at radius 1 is 1.20 bits per heavy atom. The van der Waals surface area contributed by atoms with Crippen molar-refractivity contribution in [1.82, 2.24) is 25.9 Å². The number of hydroxylamine groups is 2. The van der Waals surface area contributed by atoms with Crippen molar-refractivity contribution in [2.45, 2.75) is 57.8 Å². The Kier molecular flexibility index (Phi) is 6.10. The first-order valence-corrected chi connectivity index (χ1v) is 9.44. The van der Waals surface area contributed by atoms with Crippen molar-refractivity contribution in [3.63, 3.8) is 0 Å². The largest absolute Gasteiger partial charge is 0.382 e. The van der Waals surface area contributed by atoms with E-state index in [1.165, 1.54) is 0 Å². The first-order chi connectivity index (χ1) is 12.0. The van der Waals surface area contributed by atoms with Gasteiger partial charge in [-0.25, -0.2) is 0 Å². The molecule has 0 aromatic heterocycles. The van der Waals surface area contributed by atoms with Crippen LogP contribution in [0.4, 0.5) is 0 Å². The molecule has 8 nitrogen and oxygen atoms in total. The van der Waals surface area contributed by atoms with Crippen LogP contribution >= 0.6 is 0 Å². The van der Waals surface area contributed by atoms with Gasteiger partial charge in [0.2, 0.25) is 0 Å². The Morgan fingerprint density at radius 2 is 1.92 bits per heavy atom. The molecule has 0 radical (unpaired) electrons. The molecule has 0 saturated carbocycles. The quantitative estimate of drug-likeness (QED) is 0.537. The predicted octanol–water partition coefficient (Wildman–Crippen LogP) is -0.416. The van der Waals surface area contributed by atoms with E-state index in [-0.39, 0.29) is 24.0 Å². The van der Waals surface area contributed by atoms with E-state index >= 15 is 0 Å². The molecule has 4 unspecified atom stereocenters. The van der Waals surface area contributed by atoms with E-state index in [1.54, 1.807) is 7.11 Å². The molecule has 25 heavy (non-hydrogen) atoms. The molecule has 3 aliphatic rings. The van der Waals surface area contributed by atoms with Crippen molar-refractivity contribution < 1.29 is 9.57 Å². The van der Waals surface area contributed by atoms with Crippen LogP contribution < -0.4 is 16.0 Å². The molecule has 2 saturated heterocycles. The molecule has 8 heteroatoms. The topological polar surface area (TPSA) is 73.4 Å². The van der Waals surface area contributed by atoms with Crippen LogP contribution in [0.15, 0.2) is 4.99 Å². The first-order valence-electron chi connectivity index (χ1n) is 9.44. The van der Waals surface area contributed by atoms with Crippen molar-refractivity contribution in [2.75, 3.05) is 46.5 Å². The van der Waals surface area contributed by atoms with Gasteiger partial charge in [0.25, 0.3) is 0 Å². The van der Waals surface area contributed by atoms with Crippen LogP contribution in [0.25, 0.3) is 0 Å². The molecule has 144 valence electrons. The summed E-state index contributed by atoms with van der Waals surface area (Å²) in [6.07, 6.45) is 0.292. The number of ether oxygens (including phenoxy) is 1. The smallest absolute Gasteiger partial charge is 0.118 e. The molecule has 3 rings (SSSR count). The summed E-state index contributed by atoms with van der Waals surface area (Å²) >= 11 is 0. The van der Waals surface area contributed by atoms with Crippen molar-refractivity contribution in [1.29, 1.82) is 0 Å². The molecule has 4 atom stereocenters. The predicted molar refractivity (Wildman–Crippen MR) is 98.4 cm³/mol. The Hall–Kier alpha value is -0.610. The van der Waals surface area contributed by atoms with Gasteiger partial charge in [-0.1, -0.05) is 0 Å². The minimum absolute atomic E-state index is 0.0231. The minimum Gasteiger partial charge on any atom is -0.382 e. The lowest BCUT2D eigenvalue weighted by Gasteiger charge is -2.47. The number of rotatable bonds is 7. The lowest BCUT2D eigenvalue weighted by atomic mass is 9.86. The third-order valence-electron chi connectivity index (χ3n) is 5.50. The van der Waals surface area contributed by atoms with E-state index in [0.29, 0.717) is 19.3 Å². The van der Waals surface area contributed by atoms with Crippen LogP contribution in [-0.2, 0) is 9.57 Å². The van der Waals surface area contributed by atoms with E-state index in [9.17, 15) is 0 Å². The first kappa shape index (κ1) is 19.2. The molecule has 0 aromatic rings. The fourth-order valence-electron chi connectivity index (χ4n) is 4.45. The standard InChI is InChI=1S/C17H34N6O2/c1-12(2)22-8-6-18-15(22)17(13(3)20-14(4)21-17)16-19-7-9-23(16)25-11-10-24-5/h12,14-16,18-19,21H,6-11H2,1-5H3. The van der Waals surface area contributed by atoms with Gasteiger partial charge in [-0.3, -0.25) is 30.7 Å². The van der Waals surface area contributed by atoms with Crippen molar-refractivity contribution in [2.24, 2.45) is 4.99 Å². The lowest BCUT2D eigenvalue weighted by Crippen LogP contribution is -2.75. The average molecular weight is 354 g/mol. The summed E-state index contributed by atoms with van der Waals surface area (Å²) in [5.41, 5.74) is 0.800. The fourth-order valence-corrected chi connectivity index (χ4v) is 4.45. The summed E-state index contributed by atoms with van der Waals surface area (Å²) < 4.78 is 5.14. The van der Waals surface area contributed by atoms with E-state index < -0.39 is 0 Å². The third-order valence-corrected chi connectivity index (χ3v) is 5.50. The summed E-state index contributed by atoms with van der Waals surface area (Å²) in [6, 6.07) is 0.464. The number of nitrogens with one attached hydrogen (secondary N) is 3. The second kappa shape index (κ2) is 7.96. The molecule has 0 bridgehead atoms. The van der Waals surface area contributed by atoms with Crippen LogP contribution in [0, 0.1) is 0 Å². The van der Waals surface area contributed by atoms with E-state index in [0.717, 1.165) is 31.9 Å². The summed E-state index contributed by atoms with van der Waals surface area (Å²) in [7, 11) is 1.70. The summed E-state index contributed by atoms with van der Waals surface area (Å²) in [6.45, 7) is 13.7. The lowest BCUT2D eigenvalue weighted by molar-refractivity contribution is -0.193. The zero-order valence-electron chi connectivity index (χ0n) is 16.2. The van der Waals surface area contributed by atoms with Crippen LogP contribution in [-0.4, -0.2) is 92.3 Å². The van der Waals surface area contributed by atoms with Gasteiger partial charge >= 0.3 is 0 Å². The molecule has 0 spiro atoms. The van der Waals surface area contributed by atoms with E-state index in [1.807, 2.05) is 0 Å². The van der Waals surface area contributed by atoms with E-state index in [2.05, 4.69) is 53.6 Å². The monoisotopic (exact) mass is 354 g/mol. The van der Waals surface area contributed by atoms with Crippen LogP contribution in [0.3, 0.4) is 0 Å². The highest BCUT2D eigenvalue weighted by Crippen LogP contribution is 2.33. The summed E-state index contributed by atoms with van der Waals surface area (Å²) in [5, 5.41) is 13.2. The number of hydrogen-bond acceptors (Lipinski definition) is 8. The number of methoxy groups -OCH3 is 1. The Labute approximate surface area is 151 Å². The highest BCUT2D eigenvalue weighted by atomic mass is 16.7. The van der Waals surface area contributed by atoms with Gasteiger partial charge in [0.1, 0.15) is 11.7 Å². The van der Waals surface area contributed by atoms with Crippen LogP contribution in [0.1, 0.15) is 27.7 Å². The van der Waals surface area contributed by atoms with Gasteiger partial charge in [0, 0.05) is 45.0 Å². The van der Waals surface area contributed by atoms with E-state index in [4.69, 9.17) is 14.6 Å². The zero-order chi connectivity index (χ0) is 18.0. The van der Waals surface area contributed by atoms with Gasteiger partial charge in [-0.05, 0) is 27.7 Å². The summed E-state index contributed by atoms with van der Waals surface area (Å²) in [4.78, 5) is 13.4. The number of hydrogen-bond donors (Lipinski definition) is 3. The van der Waals surface area contributed by atoms with Crippen molar-refractivity contribution >= 4 is 5.71 Å². The highest BCUT2D eigenvalue weighted by molar-refractivity contribution is 5.95. The van der Waals surface area contributed by atoms with Gasteiger partial charge in [0.15, 0.2) is 0 Å². The SMILES string of the molecule is COCCON1CCNC1C1(C2NCCN2C(C)C)NC(C)N=C1C. The molecule has 0 aliphatic carbocycles. The maximum absolute atomic E-state index is 6.04. The zero-order valence-corrected chi connectivity index (χ0v) is 16.2. The van der Waals surface area contributed by atoms with Gasteiger partial charge in [0.05, 0.1) is 25.5 Å². The second-order valence-electron chi connectivity index (χ2n) is 7.42. The van der Waals surface area contributed by atoms with Crippen LogP contribution in [0.2, 0.25) is 0 Å². The molecule has 0 aromatic carbocycles. The third kappa shape index (κ3) is 3.49. The molecule has 3 heterocycles. The molecule has 0 amide bonds. The number of aliphatic imine (C=N–C) groups is 1. The maximum atomic E-state index is 6.04. The minimum atomic E-state index is -0.330. The summed E-state index contributed by atoms with van der Waals surface area (Å²) in [5.74, 6) is 0. The molecule has 3 N–H and O–H groups in total. The average Bonchev–Trinajstić information content (AvgIpc) is 3.26. The number of nitrogens with zero attached hydrogens (tertiary/aromatic N) is 3. The van der Waals surface area contributed by atoms with Crippen molar-refractivity contribution in [3.8, 4) is 0 Å². The molecule has 3 aliphatic heterocycles. The molecule has 2 fully saturated rings. The molecular formula is C17H34N6O2. The highest BCUT2D eigenvalue weighted by Gasteiger charge is 2.58. The Morgan fingerprint density at radius 3 is 2.56 bits per heavy atom. The van der Waals surface area contributed by atoms with Crippen LogP contribution in [0.5, 0.6) is 0 Å². The Bertz CT molecular complexity index is 488. The second-order valence-corrected chi connectivity index (χ2v) is 7.42. The normalized spacial score (nSPS) is 37.4. The van der Waals surface area contributed by atoms with Gasteiger partial charge in [-0.2, -0.15) is 5.06 Å². The Balaban J connectivity index is 1.89. The molecular weight excluding hydrogens is 320 g/mol. The van der Waals surface area contributed by atoms with Crippen molar-refractivity contribution in [3.05, 3.63) is 0 Å².